The predicted molar refractivity (Wildman–Crippen MR) is 114 cm³/mol. The maximum Gasteiger partial charge on any atom is 0.258 e. The summed E-state index contributed by atoms with van der Waals surface area (Å²) in [5.41, 5.74) is -0.630. The average Bonchev–Trinajstić information content (AvgIpc) is 2.67. The van der Waals surface area contributed by atoms with Gasteiger partial charge in [-0.25, -0.2) is 4.39 Å². The van der Waals surface area contributed by atoms with Crippen molar-refractivity contribution < 1.29 is 23.5 Å². The summed E-state index contributed by atoms with van der Waals surface area (Å²) in [6.45, 7) is -0.353. The van der Waals surface area contributed by atoms with Gasteiger partial charge < -0.3 is 20.1 Å². The number of rotatable bonds is 8. The molecule has 0 unspecified atom stereocenters. The van der Waals surface area contributed by atoms with Gasteiger partial charge in [-0.15, -0.1) is 0 Å². The second kappa shape index (κ2) is 8.37. The summed E-state index contributed by atoms with van der Waals surface area (Å²) < 4.78 is 23.9. The number of hydrogen-bond acceptors (Lipinski definition) is 4. The molecule has 2 N–H and O–H groups in total. The molecule has 0 heterocycles. The third kappa shape index (κ3) is 4.84. The summed E-state index contributed by atoms with van der Waals surface area (Å²) >= 11 is 17.5. The van der Waals surface area contributed by atoms with Crippen LogP contribution in [-0.2, 0) is 9.59 Å². The first-order valence-corrected chi connectivity index (χ1v) is 10.6. The molecule has 5 rings (SSSR count). The van der Waals surface area contributed by atoms with Crippen LogP contribution in [0.1, 0.15) is 19.3 Å². The molecule has 0 aliphatic heterocycles. The third-order valence-electron chi connectivity index (χ3n) is 5.36. The first-order chi connectivity index (χ1) is 14.7. The van der Waals surface area contributed by atoms with E-state index in [-0.39, 0.29) is 41.1 Å². The second-order valence-corrected chi connectivity index (χ2v) is 9.14. The van der Waals surface area contributed by atoms with Gasteiger partial charge >= 0.3 is 0 Å². The Morgan fingerprint density at radius 3 is 1.77 bits per heavy atom. The highest BCUT2D eigenvalue weighted by Gasteiger charge is 2.69. The number of halogens is 4. The fraction of sp³-hybridized carbons (Fsp3) is 0.333. The maximum absolute atomic E-state index is 13.2. The van der Waals surface area contributed by atoms with Crippen LogP contribution in [0.5, 0.6) is 11.5 Å². The van der Waals surface area contributed by atoms with E-state index in [2.05, 4.69) is 10.6 Å². The highest BCUT2D eigenvalue weighted by molar-refractivity contribution is 6.42. The molecule has 2 amide bonds. The lowest BCUT2D eigenvalue weighted by molar-refractivity contribution is -0.151. The molecular formula is C21H18Cl3FN2O4. The SMILES string of the molecule is O=C(COc1ccc(F)c(Cl)c1)NC12CC(NC(=O)COc3ccc(Cl)c(Cl)c3)(C1)C2. The maximum atomic E-state index is 13.2. The van der Waals surface area contributed by atoms with Gasteiger partial charge in [-0.2, -0.15) is 0 Å². The zero-order chi connectivity index (χ0) is 22.2. The lowest BCUT2D eigenvalue weighted by Gasteiger charge is -2.70. The minimum absolute atomic E-state index is 0.0712. The largest absolute Gasteiger partial charge is 0.484 e. The Bertz CT molecular complexity index is 950. The highest BCUT2D eigenvalue weighted by Crippen LogP contribution is 2.60. The van der Waals surface area contributed by atoms with Crippen molar-refractivity contribution in [2.75, 3.05) is 13.2 Å². The van der Waals surface area contributed by atoms with Crippen LogP contribution in [0.15, 0.2) is 36.4 Å². The Morgan fingerprint density at radius 1 is 0.806 bits per heavy atom. The molecule has 2 aromatic carbocycles. The molecule has 0 radical (unpaired) electrons. The molecule has 164 valence electrons. The molecule has 0 spiro atoms. The Labute approximate surface area is 192 Å². The first kappa shape index (κ1) is 22.0. The molecule has 31 heavy (non-hydrogen) atoms. The lowest BCUT2D eigenvalue weighted by atomic mass is 9.44. The van der Waals surface area contributed by atoms with Crippen molar-refractivity contribution in [3.8, 4) is 11.5 Å². The number of carbonyl (C=O) groups is 2. The minimum atomic E-state index is -0.554. The molecule has 3 aliphatic carbocycles. The van der Waals surface area contributed by atoms with Crippen LogP contribution < -0.4 is 20.1 Å². The van der Waals surface area contributed by atoms with E-state index in [1.165, 1.54) is 18.2 Å². The number of nitrogens with one attached hydrogen (secondary N) is 2. The molecule has 2 aromatic rings. The second-order valence-electron chi connectivity index (χ2n) is 7.92. The van der Waals surface area contributed by atoms with Crippen LogP contribution in [0, 0.1) is 5.82 Å². The van der Waals surface area contributed by atoms with Crippen molar-refractivity contribution in [1.29, 1.82) is 0 Å². The number of ether oxygens (including phenoxy) is 2. The lowest BCUT2D eigenvalue weighted by Crippen LogP contribution is -2.84. The number of amides is 2. The molecule has 0 saturated heterocycles. The van der Waals surface area contributed by atoms with Crippen molar-refractivity contribution in [2.45, 2.75) is 30.3 Å². The van der Waals surface area contributed by atoms with E-state index in [9.17, 15) is 14.0 Å². The Balaban J connectivity index is 1.17. The van der Waals surface area contributed by atoms with E-state index in [0.717, 1.165) is 0 Å². The van der Waals surface area contributed by atoms with Crippen LogP contribution in [0.2, 0.25) is 15.1 Å². The van der Waals surface area contributed by atoms with Gasteiger partial charge in [0.15, 0.2) is 13.2 Å². The van der Waals surface area contributed by atoms with E-state index in [0.29, 0.717) is 40.8 Å². The zero-order valence-corrected chi connectivity index (χ0v) is 18.4. The summed E-state index contributed by atoms with van der Waals surface area (Å²) in [5, 5.41) is 6.60. The Morgan fingerprint density at radius 2 is 1.29 bits per heavy atom. The van der Waals surface area contributed by atoms with Crippen LogP contribution in [-0.4, -0.2) is 36.1 Å². The quantitative estimate of drug-likeness (QED) is 0.586. The van der Waals surface area contributed by atoms with Crippen molar-refractivity contribution in [3.05, 3.63) is 57.3 Å². The highest BCUT2D eigenvalue weighted by atomic mass is 35.5. The van der Waals surface area contributed by atoms with Gasteiger partial charge in [-0.3, -0.25) is 9.59 Å². The van der Waals surface area contributed by atoms with Gasteiger partial charge in [0, 0.05) is 23.2 Å². The number of benzene rings is 2. The van der Waals surface area contributed by atoms with Crippen molar-refractivity contribution in [1.82, 2.24) is 10.6 Å². The predicted octanol–water partition coefficient (Wildman–Crippen LogP) is 4.15. The molecule has 0 aromatic heterocycles. The molecule has 3 aliphatic rings. The Hall–Kier alpha value is -2.22. The van der Waals surface area contributed by atoms with Gasteiger partial charge in [0.25, 0.3) is 11.8 Å². The Kier molecular flexibility index (Phi) is 5.94. The summed E-state index contributed by atoms with van der Waals surface area (Å²) in [7, 11) is 0. The third-order valence-corrected chi connectivity index (χ3v) is 6.39. The summed E-state index contributed by atoms with van der Waals surface area (Å²) in [4.78, 5) is 24.4. The molecule has 0 atom stereocenters. The van der Waals surface area contributed by atoms with Crippen molar-refractivity contribution in [2.24, 2.45) is 0 Å². The molecule has 2 bridgehead atoms. The summed E-state index contributed by atoms with van der Waals surface area (Å²) in [6.07, 6.45) is 1.94. The fourth-order valence-corrected chi connectivity index (χ4v) is 4.61. The molecular weight excluding hydrogens is 470 g/mol. The van der Waals surface area contributed by atoms with Crippen molar-refractivity contribution >= 4 is 46.6 Å². The monoisotopic (exact) mass is 486 g/mol. The van der Waals surface area contributed by atoms with E-state index < -0.39 is 5.82 Å². The van der Waals surface area contributed by atoms with Gasteiger partial charge in [-0.05, 0) is 43.5 Å². The molecule has 6 nitrogen and oxygen atoms in total. The van der Waals surface area contributed by atoms with Gasteiger partial charge in [0.2, 0.25) is 0 Å². The van der Waals surface area contributed by atoms with E-state index in [1.54, 1.807) is 18.2 Å². The smallest absolute Gasteiger partial charge is 0.258 e. The summed E-state index contributed by atoms with van der Waals surface area (Å²) in [6, 6.07) is 8.67. The number of hydrogen-bond donors (Lipinski definition) is 2. The van der Waals surface area contributed by atoms with E-state index in [1.807, 2.05) is 0 Å². The van der Waals surface area contributed by atoms with E-state index in [4.69, 9.17) is 44.3 Å². The molecule has 10 heteroatoms. The van der Waals surface area contributed by atoms with E-state index >= 15 is 0 Å². The van der Waals surface area contributed by atoms with Gasteiger partial charge in [0.05, 0.1) is 15.1 Å². The van der Waals surface area contributed by atoms with Crippen molar-refractivity contribution in [3.63, 3.8) is 0 Å². The average molecular weight is 488 g/mol. The van der Waals surface area contributed by atoms with Crippen LogP contribution in [0.4, 0.5) is 4.39 Å². The fourth-order valence-electron chi connectivity index (χ4n) is 4.15. The standard InChI is InChI=1S/C21H18Cl3FN2O4/c22-14-3-1-12(5-15(14)23)30-7-18(28)26-20-9-21(10-20,11-20)27-19(29)8-31-13-2-4-17(25)16(24)6-13/h1-6H,7-11H2,(H,26,28)(H,27,29). The van der Waals surface area contributed by atoms with Gasteiger partial charge in [-0.1, -0.05) is 34.8 Å². The zero-order valence-electron chi connectivity index (χ0n) is 16.1. The number of carbonyl (C=O) groups excluding carboxylic acids is 2. The van der Waals surface area contributed by atoms with Crippen LogP contribution >= 0.6 is 34.8 Å². The summed E-state index contributed by atoms with van der Waals surface area (Å²) in [5.74, 6) is -0.328. The molecule has 3 fully saturated rings. The topological polar surface area (TPSA) is 76.7 Å². The normalized spacial score (nSPS) is 23.2. The van der Waals surface area contributed by atoms with Gasteiger partial charge in [0.1, 0.15) is 17.3 Å². The van der Waals surface area contributed by atoms with Crippen LogP contribution in [0.3, 0.4) is 0 Å². The van der Waals surface area contributed by atoms with Crippen LogP contribution in [0.25, 0.3) is 0 Å². The molecule has 3 saturated carbocycles. The minimum Gasteiger partial charge on any atom is -0.484 e. The first-order valence-electron chi connectivity index (χ1n) is 9.45.